The highest BCUT2D eigenvalue weighted by Crippen LogP contribution is 2.45. The van der Waals surface area contributed by atoms with Crippen LogP contribution in [0.15, 0.2) is 0 Å². The summed E-state index contributed by atoms with van der Waals surface area (Å²) in [7, 11) is 0. The highest BCUT2D eigenvalue weighted by atomic mass is 19.4. The minimum atomic E-state index is -4.40. The topological polar surface area (TPSA) is 61.1 Å². The second-order valence-corrected chi connectivity index (χ2v) is 3.83. The first-order valence-corrected chi connectivity index (χ1v) is 4.53. The number of nitriles is 1. The molecule has 1 aliphatic carbocycles. The van der Waals surface area contributed by atoms with Crippen LogP contribution in [0.1, 0.15) is 25.7 Å². The third-order valence-electron chi connectivity index (χ3n) is 2.84. The van der Waals surface area contributed by atoms with Gasteiger partial charge in [0.1, 0.15) is 0 Å². The van der Waals surface area contributed by atoms with E-state index in [1.54, 1.807) is 0 Å². The monoisotopic (exact) mass is 221 g/mol. The fourth-order valence-electron chi connectivity index (χ4n) is 1.90. The molecule has 6 heteroatoms. The number of halogens is 3. The van der Waals surface area contributed by atoms with Crippen molar-refractivity contribution in [2.75, 3.05) is 0 Å². The Labute approximate surface area is 84.5 Å². The van der Waals surface area contributed by atoms with Gasteiger partial charge in [0.15, 0.2) is 5.41 Å². The van der Waals surface area contributed by atoms with Crippen LogP contribution in [0.2, 0.25) is 0 Å². The molecular formula is C9H10F3NO2. The maximum absolute atomic E-state index is 12.4. The Morgan fingerprint density at radius 1 is 1.53 bits per heavy atom. The quantitative estimate of drug-likeness (QED) is 0.739. The van der Waals surface area contributed by atoms with Crippen LogP contribution >= 0.6 is 0 Å². The lowest BCUT2D eigenvalue weighted by molar-refractivity contribution is -0.192. The summed E-state index contributed by atoms with van der Waals surface area (Å²) in [5.41, 5.74) is -1.85. The molecule has 0 radical (unpaired) electrons. The van der Waals surface area contributed by atoms with Gasteiger partial charge in [-0.3, -0.25) is 4.79 Å². The van der Waals surface area contributed by atoms with E-state index in [1.165, 1.54) is 6.07 Å². The highest BCUT2D eigenvalue weighted by molar-refractivity contribution is 5.78. The van der Waals surface area contributed by atoms with Crippen LogP contribution in [-0.4, -0.2) is 17.3 Å². The Morgan fingerprint density at radius 2 is 2.13 bits per heavy atom. The number of aliphatic carboxylic acids is 1. The molecule has 2 atom stereocenters. The summed E-state index contributed by atoms with van der Waals surface area (Å²) in [5, 5.41) is 17.5. The van der Waals surface area contributed by atoms with Crippen LogP contribution in [0.25, 0.3) is 0 Å². The van der Waals surface area contributed by atoms with E-state index in [2.05, 4.69) is 0 Å². The molecule has 3 nitrogen and oxygen atoms in total. The first-order valence-electron chi connectivity index (χ1n) is 4.53. The summed E-state index contributed by atoms with van der Waals surface area (Å²) in [6, 6.07) is 1.52. The van der Waals surface area contributed by atoms with Crippen LogP contribution in [0, 0.1) is 22.7 Å². The summed E-state index contributed by atoms with van der Waals surface area (Å²) in [5.74, 6) is -3.11. The van der Waals surface area contributed by atoms with Crippen molar-refractivity contribution >= 4 is 5.97 Å². The number of hydrogen-bond donors (Lipinski definition) is 1. The third kappa shape index (κ3) is 2.22. The third-order valence-corrected chi connectivity index (χ3v) is 2.84. The molecule has 0 spiro atoms. The van der Waals surface area contributed by atoms with Gasteiger partial charge in [0.2, 0.25) is 0 Å². The van der Waals surface area contributed by atoms with Gasteiger partial charge < -0.3 is 5.11 Å². The molecule has 0 amide bonds. The van der Waals surface area contributed by atoms with Crippen molar-refractivity contribution in [2.24, 2.45) is 11.3 Å². The predicted molar refractivity (Wildman–Crippen MR) is 43.7 cm³/mol. The minimum Gasteiger partial charge on any atom is -0.480 e. The lowest BCUT2D eigenvalue weighted by atomic mass is 9.70. The van der Waals surface area contributed by atoms with Crippen molar-refractivity contribution in [2.45, 2.75) is 31.9 Å². The molecule has 0 aromatic carbocycles. The van der Waals surface area contributed by atoms with E-state index in [4.69, 9.17) is 10.4 Å². The molecule has 84 valence electrons. The Kier molecular flexibility index (Phi) is 2.93. The van der Waals surface area contributed by atoms with E-state index >= 15 is 0 Å². The van der Waals surface area contributed by atoms with Crippen molar-refractivity contribution in [1.82, 2.24) is 0 Å². The zero-order valence-corrected chi connectivity index (χ0v) is 7.84. The summed E-state index contributed by atoms with van der Waals surface area (Å²) in [6.07, 6.45) is -4.98. The first kappa shape index (κ1) is 11.8. The molecule has 0 aliphatic heterocycles. The van der Waals surface area contributed by atoms with Crippen molar-refractivity contribution in [1.29, 1.82) is 5.26 Å². The van der Waals surface area contributed by atoms with Crippen molar-refractivity contribution < 1.29 is 23.1 Å². The lowest BCUT2D eigenvalue weighted by Gasteiger charge is -2.33. The fraction of sp³-hybridized carbons (Fsp3) is 0.778. The van der Waals surface area contributed by atoms with Gasteiger partial charge in [-0.15, -0.1) is 0 Å². The second-order valence-electron chi connectivity index (χ2n) is 3.83. The zero-order valence-electron chi connectivity index (χ0n) is 7.84. The average molecular weight is 221 g/mol. The Morgan fingerprint density at radius 3 is 2.53 bits per heavy atom. The van der Waals surface area contributed by atoms with Gasteiger partial charge in [0, 0.05) is 0 Å². The van der Waals surface area contributed by atoms with Gasteiger partial charge in [-0.1, -0.05) is 6.42 Å². The Hall–Kier alpha value is -1.25. The Bertz CT molecular complexity index is 307. The molecule has 0 saturated heterocycles. The normalized spacial score (nSPS) is 32.0. The van der Waals surface area contributed by atoms with Gasteiger partial charge in [0.25, 0.3) is 0 Å². The molecule has 1 N–H and O–H groups in total. The lowest BCUT2D eigenvalue weighted by Crippen LogP contribution is -2.39. The number of hydrogen-bond acceptors (Lipinski definition) is 2. The first-order chi connectivity index (χ1) is 6.82. The van der Waals surface area contributed by atoms with E-state index in [0.717, 1.165) is 0 Å². The SMILES string of the molecule is N#CC1(C(=O)O)CCCC(C(F)(F)F)C1. The largest absolute Gasteiger partial charge is 0.480 e. The van der Waals surface area contributed by atoms with Gasteiger partial charge in [-0.2, -0.15) is 18.4 Å². The van der Waals surface area contributed by atoms with E-state index < -0.39 is 29.9 Å². The highest BCUT2D eigenvalue weighted by Gasteiger charge is 2.51. The second kappa shape index (κ2) is 3.72. The van der Waals surface area contributed by atoms with Gasteiger partial charge in [0.05, 0.1) is 12.0 Å². The van der Waals surface area contributed by atoms with Gasteiger partial charge >= 0.3 is 12.1 Å². The summed E-state index contributed by atoms with van der Waals surface area (Å²) >= 11 is 0. The number of nitrogens with zero attached hydrogens (tertiary/aromatic N) is 1. The van der Waals surface area contributed by atoms with Crippen LogP contribution in [-0.2, 0) is 4.79 Å². The van der Waals surface area contributed by atoms with E-state index in [1.807, 2.05) is 0 Å². The standard InChI is InChI=1S/C9H10F3NO2/c10-9(11,12)6-2-1-3-8(4-6,5-13)7(14)15/h6H,1-4H2,(H,14,15). The van der Waals surface area contributed by atoms with E-state index in [-0.39, 0.29) is 19.3 Å². The number of carboxylic acids is 1. The van der Waals surface area contributed by atoms with Crippen LogP contribution in [0.4, 0.5) is 13.2 Å². The van der Waals surface area contributed by atoms with Crippen molar-refractivity contribution in [3.8, 4) is 6.07 Å². The summed E-state index contributed by atoms with van der Waals surface area (Å²) < 4.78 is 37.1. The molecule has 1 aliphatic rings. The number of alkyl halides is 3. The molecule has 0 aromatic heterocycles. The average Bonchev–Trinajstić information content (AvgIpc) is 2.16. The van der Waals surface area contributed by atoms with Crippen molar-refractivity contribution in [3.05, 3.63) is 0 Å². The summed E-state index contributed by atoms with van der Waals surface area (Å²) in [4.78, 5) is 10.8. The van der Waals surface area contributed by atoms with Gasteiger partial charge in [-0.25, -0.2) is 0 Å². The fourth-order valence-corrected chi connectivity index (χ4v) is 1.90. The molecule has 0 bridgehead atoms. The van der Waals surface area contributed by atoms with Crippen LogP contribution in [0.5, 0.6) is 0 Å². The number of rotatable bonds is 1. The molecule has 0 aromatic rings. The molecular weight excluding hydrogens is 211 g/mol. The smallest absolute Gasteiger partial charge is 0.391 e. The predicted octanol–water partition coefficient (Wildman–Crippen LogP) is 2.33. The molecule has 1 saturated carbocycles. The molecule has 0 heterocycles. The number of carboxylic acid groups (broad SMARTS) is 1. The minimum absolute atomic E-state index is 0.00537. The van der Waals surface area contributed by atoms with E-state index in [9.17, 15) is 18.0 Å². The van der Waals surface area contributed by atoms with Crippen molar-refractivity contribution in [3.63, 3.8) is 0 Å². The molecule has 2 unspecified atom stereocenters. The maximum atomic E-state index is 12.4. The summed E-state index contributed by atoms with van der Waals surface area (Å²) in [6.45, 7) is 0. The molecule has 1 rings (SSSR count). The zero-order chi connectivity index (χ0) is 11.7. The molecule has 1 fully saturated rings. The Balaban J connectivity index is 2.88. The number of carbonyl (C=O) groups is 1. The van der Waals surface area contributed by atoms with Gasteiger partial charge in [-0.05, 0) is 19.3 Å². The van der Waals surface area contributed by atoms with Crippen LogP contribution < -0.4 is 0 Å². The maximum Gasteiger partial charge on any atom is 0.391 e. The van der Waals surface area contributed by atoms with Crippen LogP contribution in [0.3, 0.4) is 0 Å². The molecule has 15 heavy (non-hydrogen) atoms. The van der Waals surface area contributed by atoms with E-state index in [0.29, 0.717) is 0 Å².